The highest BCUT2D eigenvalue weighted by Gasteiger charge is 2.43. The summed E-state index contributed by atoms with van der Waals surface area (Å²) in [7, 11) is 1.84. The van der Waals surface area contributed by atoms with Crippen molar-refractivity contribution in [3.63, 3.8) is 0 Å². The Balaban J connectivity index is 1.37. The Labute approximate surface area is 171 Å². The van der Waals surface area contributed by atoms with Crippen molar-refractivity contribution in [1.29, 1.82) is 0 Å². The predicted octanol–water partition coefficient (Wildman–Crippen LogP) is 4.58. The van der Waals surface area contributed by atoms with Gasteiger partial charge in [0.25, 0.3) is 0 Å². The molecule has 2 aromatic carbocycles. The molecule has 0 bridgehead atoms. The minimum atomic E-state index is -0.169. The van der Waals surface area contributed by atoms with E-state index in [1.165, 1.54) is 11.1 Å². The van der Waals surface area contributed by atoms with Crippen molar-refractivity contribution in [3.05, 3.63) is 65.7 Å². The number of rotatable bonds is 4. The number of fused-ring (bicyclic) bond motifs is 2. The van der Waals surface area contributed by atoms with Gasteiger partial charge in [-0.05, 0) is 61.4 Å². The highest BCUT2D eigenvalue weighted by atomic mass is 19.1. The van der Waals surface area contributed by atoms with Gasteiger partial charge in [-0.15, -0.1) is 0 Å². The van der Waals surface area contributed by atoms with Crippen molar-refractivity contribution in [2.45, 2.75) is 38.5 Å². The quantitative estimate of drug-likeness (QED) is 0.650. The molecule has 0 spiro atoms. The zero-order valence-corrected chi connectivity index (χ0v) is 17.1. The van der Waals surface area contributed by atoms with Crippen LogP contribution >= 0.6 is 0 Å². The normalized spacial score (nSPS) is 27.4. The number of hydrogen-bond donors (Lipinski definition) is 0. The first-order chi connectivity index (χ1) is 14.1. The number of hydrogen-bond acceptors (Lipinski definition) is 3. The van der Waals surface area contributed by atoms with E-state index < -0.39 is 0 Å². The molecule has 2 aliphatic rings. The molecule has 0 radical (unpaired) electrons. The SMILES string of the molecule is CO[C@H]1C[C@@H]2CN(Cc3ccc(F)cc3)C[C@@H]2C[C@@H]1n1c(C)nc2ccccc21. The molecule has 3 aromatic rings. The molecule has 2 heterocycles. The summed E-state index contributed by atoms with van der Waals surface area (Å²) in [6, 6.07) is 15.6. The Morgan fingerprint density at radius 1 is 1.03 bits per heavy atom. The van der Waals surface area contributed by atoms with Crippen molar-refractivity contribution in [2.75, 3.05) is 20.2 Å². The van der Waals surface area contributed by atoms with E-state index >= 15 is 0 Å². The van der Waals surface area contributed by atoms with Crippen LogP contribution in [0, 0.1) is 24.6 Å². The lowest BCUT2D eigenvalue weighted by molar-refractivity contribution is -0.0000726. The van der Waals surface area contributed by atoms with Gasteiger partial charge in [-0.2, -0.15) is 0 Å². The number of imidazole rings is 1. The Morgan fingerprint density at radius 3 is 2.52 bits per heavy atom. The van der Waals surface area contributed by atoms with Crippen molar-refractivity contribution in [2.24, 2.45) is 11.8 Å². The van der Waals surface area contributed by atoms with Gasteiger partial charge >= 0.3 is 0 Å². The van der Waals surface area contributed by atoms with Gasteiger partial charge in [-0.1, -0.05) is 24.3 Å². The average Bonchev–Trinajstić information content (AvgIpc) is 3.27. The van der Waals surface area contributed by atoms with Gasteiger partial charge in [0, 0.05) is 26.7 Å². The van der Waals surface area contributed by atoms with Crippen LogP contribution in [0.4, 0.5) is 4.39 Å². The van der Waals surface area contributed by atoms with Crippen molar-refractivity contribution in [1.82, 2.24) is 14.5 Å². The standard InChI is InChI=1S/C24H28FN3O/c1-16-26-21-5-3-4-6-22(21)28(16)23-11-18-14-27(15-19(18)12-24(23)29-2)13-17-7-9-20(25)10-8-17/h3-10,18-19,23-24H,11-15H2,1-2H3/t18-,19+,23-,24-/m0/s1. The molecule has 29 heavy (non-hydrogen) atoms. The summed E-state index contributed by atoms with van der Waals surface area (Å²) in [6.45, 7) is 5.19. The summed E-state index contributed by atoms with van der Waals surface area (Å²) in [5, 5.41) is 0. The van der Waals surface area contributed by atoms with Gasteiger partial charge in [0.15, 0.2) is 0 Å². The van der Waals surface area contributed by atoms with Crippen LogP contribution in [0.25, 0.3) is 11.0 Å². The van der Waals surface area contributed by atoms with E-state index in [-0.39, 0.29) is 11.9 Å². The molecule has 1 aliphatic heterocycles. The third-order valence-corrected chi connectivity index (χ3v) is 6.89. The molecule has 1 saturated heterocycles. The van der Waals surface area contributed by atoms with Crippen LogP contribution in [0.15, 0.2) is 48.5 Å². The Bertz CT molecular complexity index is 999. The molecular weight excluding hydrogens is 365 g/mol. The Morgan fingerprint density at radius 2 is 1.76 bits per heavy atom. The van der Waals surface area contributed by atoms with Gasteiger partial charge in [-0.25, -0.2) is 9.37 Å². The average molecular weight is 394 g/mol. The second-order valence-corrected chi connectivity index (χ2v) is 8.67. The van der Waals surface area contributed by atoms with Crippen LogP contribution in [0.1, 0.15) is 30.3 Å². The molecule has 0 N–H and O–H groups in total. The summed E-state index contributed by atoms with van der Waals surface area (Å²) in [4.78, 5) is 7.31. The maximum atomic E-state index is 13.2. The monoisotopic (exact) mass is 393 g/mol. The highest BCUT2D eigenvalue weighted by Crippen LogP contribution is 2.44. The van der Waals surface area contributed by atoms with Gasteiger partial charge in [0.1, 0.15) is 11.6 Å². The zero-order valence-electron chi connectivity index (χ0n) is 17.1. The fourth-order valence-electron chi connectivity index (χ4n) is 5.57. The maximum absolute atomic E-state index is 13.2. The van der Waals surface area contributed by atoms with Crippen molar-refractivity contribution >= 4 is 11.0 Å². The summed E-state index contributed by atoms with van der Waals surface area (Å²) in [6.07, 6.45) is 2.40. The molecule has 1 saturated carbocycles. The lowest BCUT2D eigenvalue weighted by Gasteiger charge is -2.38. The van der Waals surface area contributed by atoms with Gasteiger partial charge < -0.3 is 9.30 Å². The van der Waals surface area contributed by atoms with E-state index in [0.717, 1.165) is 43.8 Å². The molecule has 0 amide bonds. The number of para-hydroxylation sites is 2. The molecule has 5 rings (SSSR count). The molecule has 4 atom stereocenters. The molecule has 1 aromatic heterocycles. The van der Waals surface area contributed by atoms with E-state index in [0.29, 0.717) is 17.9 Å². The Hall–Kier alpha value is -2.24. The fourth-order valence-corrected chi connectivity index (χ4v) is 5.57. The number of methoxy groups -OCH3 is 1. The zero-order chi connectivity index (χ0) is 20.0. The lowest BCUT2D eigenvalue weighted by Crippen LogP contribution is -2.37. The molecule has 0 unspecified atom stereocenters. The van der Waals surface area contributed by atoms with Crippen LogP contribution < -0.4 is 0 Å². The van der Waals surface area contributed by atoms with Gasteiger partial charge in [0.2, 0.25) is 0 Å². The predicted molar refractivity (Wildman–Crippen MR) is 112 cm³/mol. The van der Waals surface area contributed by atoms with E-state index in [1.807, 2.05) is 25.3 Å². The van der Waals surface area contributed by atoms with Crippen molar-refractivity contribution < 1.29 is 9.13 Å². The van der Waals surface area contributed by atoms with Crippen LogP contribution in [0.2, 0.25) is 0 Å². The number of aromatic nitrogens is 2. The fraction of sp³-hybridized carbons (Fsp3) is 0.458. The second-order valence-electron chi connectivity index (χ2n) is 8.67. The minimum Gasteiger partial charge on any atom is -0.379 e. The molecule has 5 heteroatoms. The van der Waals surface area contributed by atoms with Crippen molar-refractivity contribution in [3.8, 4) is 0 Å². The number of ether oxygens (including phenoxy) is 1. The summed E-state index contributed by atoms with van der Waals surface area (Å²) in [5.74, 6) is 2.22. The maximum Gasteiger partial charge on any atom is 0.123 e. The third-order valence-electron chi connectivity index (χ3n) is 6.89. The third kappa shape index (κ3) is 3.47. The molecule has 1 aliphatic carbocycles. The number of likely N-dealkylation sites (tertiary alicyclic amines) is 1. The molecule has 2 fully saturated rings. The van der Waals surface area contributed by atoms with Crippen LogP contribution in [-0.2, 0) is 11.3 Å². The summed E-state index contributed by atoms with van der Waals surface area (Å²) in [5.41, 5.74) is 3.45. The van der Waals surface area contributed by atoms with E-state index in [9.17, 15) is 4.39 Å². The van der Waals surface area contributed by atoms with Gasteiger partial charge in [0.05, 0.1) is 23.2 Å². The number of benzene rings is 2. The van der Waals surface area contributed by atoms with E-state index in [1.54, 1.807) is 12.1 Å². The number of halogens is 1. The topological polar surface area (TPSA) is 30.3 Å². The van der Waals surface area contributed by atoms with Crippen LogP contribution in [0.3, 0.4) is 0 Å². The minimum absolute atomic E-state index is 0.169. The summed E-state index contributed by atoms with van der Waals surface area (Å²) >= 11 is 0. The second kappa shape index (κ2) is 7.54. The van der Waals surface area contributed by atoms with Gasteiger partial charge in [-0.3, -0.25) is 4.90 Å². The first-order valence-electron chi connectivity index (χ1n) is 10.6. The first kappa shape index (κ1) is 18.8. The smallest absolute Gasteiger partial charge is 0.123 e. The number of nitrogens with zero attached hydrogens (tertiary/aromatic N) is 3. The molecule has 152 valence electrons. The van der Waals surface area contributed by atoms with E-state index in [4.69, 9.17) is 9.72 Å². The van der Waals surface area contributed by atoms with Crippen LogP contribution in [-0.4, -0.2) is 40.8 Å². The largest absolute Gasteiger partial charge is 0.379 e. The number of aryl methyl sites for hydroxylation is 1. The van der Waals surface area contributed by atoms with E-state index in [2.05, 4.69) is 34.6 Å². The first-order valence-corrected chi connectivity index (χ1v) is 10.6. The molecular formula is C24H28FN3O. The van der Waals surface area contributed by atoms with Crippen LogP contribution in [0.5, 0.6) is 0 Å². The summed E-state index contributed by atoms with van der Waals surface area (Å²) < 4.78 is 21.6. The lowest BCUT2D eigenvalue weighted by atomic mass is 9.77. The Kier molecular flexibility index (Phi) is 4.88. The molecule has 4 nitrogen and oxygen atoms in total. The highest BCUT2D eigenvalue weighted by molar-refractivity contribution is 5.76.